The maximum Gasteiger partial charge on any atom is 0.432 e. The van der Waals surface area contributed by atoms with Crippen molar-refractivity contribution in [3.05, 3.63) is 75.8 Å². The Morgan fingerprint density at radius 2 is 2.00 bits per heavy atom. The molecule has 4 aromatic heterocycles. The summed E-state index contributed by atoms with van der Waals surface area (Å²) < 4.78 is 55.9. The number of benzene rings is 1. The summed E-state index contributed by atoms with van der Waals surface area (Å²) in [7, 11) is 0. The van der Waals surface area contributed by atoms with Crippen LogP contribution in [0.5, 0.6) is 0 Å². The summed E-state index contributed by atoms with van der Waals surface area (Å²) in [6.45, 7) is 0. The second-order valence-electron chi connectivity index (χ2n) is 8.37. The largest absolute Gasteiger partial charge is 0.432 e. The zero-order valence-corrected chi connectivity index (χ0v) is 18.6. The number of hydrogen-bond donors (Lipinski definition) is 2. The lowest BCUT2D eigenvalue weighted by atomic mass is 9.93. The van der Waals surface area contributed by atoms with Crippen LogP contribution in [0.2, 0.25) is 0 Å². The van der Waals surface area contributed by atoms with E-state index in [1.807, 2.05) is 0 Å². The lowest BCUT2D eigenvalue weighted by Gasteiger charge is -2.23. The van der Waals surface area contributed by atoms with Crippen LogP contribution in [-0.2, 0) is 6.18 Å². The Kier molecular flexibility index (Phi) is 4.88. The minimum absolute atomic E-state index is 0.0187. The molecule has 178 valence electrons. The van der Waals surface area contributed by atoms with Gasteiger partial charge in [0.25, 0.3) is 5.56 Å². The number of nitrogens with one attached hydrogen (secondary N) is 2. The predicted octanol–water partition coefficient (Wildman–Crippen LogP) is 5.42. The van der Waals surface area contributed by atoms with Gasteiger partial charge in [-0.2, -0.15) is 13.2 Å². The lowest BCUT2D eigenvalue weighted by Crippen LogP contribution is -2.25. The normalized spacial score (nSPS) is 15.1. The first-order chi connectivity index (χ1) is 16.8. The minimum atomic E-state index is -4.72. The minimum Gasteiger partial charge on any atom is -0.361 e. The van der Waals surface area contributed by atoms with Crippen LogP contribution in [-0.4, -0.2) is 24.3 Å². The molecule has 6 rings (SSSR count). The number of rotatable bonds is 5. The number of imidazole rings is 1. The Balaban J connectivity index is 1.60. The van der Waals surface area contributed by atoms with Gasteiger partial charge in [0.05, 0.1) is 17.9 Å². The van der Waals surface area contributed by atoms with Crippen LogP contribution >= 0.6 is 11.3 Å². The Hall–Kier alpha value is -3.80. The van der Waals surface area contributed by atoms with Gasteiger partial charge in [-0.3, -0.25) is 9.20 Å². The molecule has 1 aliphatic carbocycles. The second kappa shape index (κ2) is 7.87. The lowest BCUT2D eigenvalue weighted by molar-refractivity contribution is -0.141. The predicted molar refractivity (Wildman–Crippen MR) is 123 cm³/mol. The highest BCUT2D eigenvalue weighted by atomic mass is 32.1. The third-order valence-electron chi connectivity index (χ3n) is 6.08. The van der Waals surface area contributed by atoms with Gasteiger partial charge in [0.1, 0.15) is 28.2 Å². The third-order valence-corrected chi connectivity index (χ3v) is 6.97. The standard InChI is InChI=1S/C23H16F4N6OS/c24-13-3-1-2-12(6-13)17-14(7-16-33(22(17)34)15(8-35-16)23(25,26)27)18(11-4-5-11)32-21-19-20(29-9-28-19)30-10-31-21/h1-3,6-11,18H,4-5H2,(H2,28,29,30,31,32). The smallest absolute Gasteiger partial charge is 0.361 e. The summed E-state index contributed by atoms with van der Waals surface area (Å²) >= 11 is 0.835. The molecule has 12 heteroatoms. The first kappa shape index (κ1) is 21.7. The van der Waals surface area contributed by atoms with Crippen molar-refractivity contribution in [2.45, 2.75) is 25.1 Å². The number of alkyl halides is 3. The Bertz CT molecular complexity index is 1630. The molecule has 1 aliphatic rings. The molecule has 7 nitrogen and oxygen atoms in total. The number of anilines is 1. The van der Waals surface area contributed by atoms with Crippen LogP contribution in [0.3, 0.4) is 0 Å². The number of hydrogen-bond acceptors (Lipinski definition) is 6. The molecule has 0 amide bonds. The zero-order chi connectivity index (χ0) is 24.3. The Labute approximate surface area is 198 Å². The van der Waals surface area contributed by atoms with E-state index in [4.69, 9.17) is 0 Å². The van der Waals surface area contributed by atoms with Gasteiger partial charge in [-0.1, -0.05) is 12.1 Å². The number of thiazole rings is 1. The topological polar surface area (TPSA) is 88.0 Å². The number of halogens is 4. The molecule has 0 bridgehead atoms. The average molecular weight is 500 g/mol. The maximum absolute atomic E-state index is 14.2. The molecule has 2 N–H and O–H groups in total. The third kappa shape index (κ3) is 3.73. The fraction of sp³-hybridized carbons (Fsp3) is 0.217. The molecule has 1 fully saturated rings. The number of aromatic nitrogens is 5. The number of H-pyrrole nitrogens is 1. The molecule has 0 radical (unpaired) electrons. The van der Waals surface area contributed by atoms with Crippen LogP contribution in [0.25, 0.3) is 27.1 Å². The summed E-state index contributed by atoms with van der Waals surface area (Å²) in [6.07, 6.45) is -0.165. The second-order valence-corrected chi connectivity index (χ2v) is 9.26. The highest BCUT2D eigenvalue weighted by Crippen LogP contribution is 2.46. The van der Waals surface area contributed by atoms with Gasteiger partial charge in [0.15, 0.2) is 11.5 Å². The van der Waals surface area contributed by atoms with Gasteiger partial charge in [0.2, 0.25) is 0 Å². The van der Waals surface area contributed by atoms with Crippen molar-refractivity contribution >= 4 is 33.1 Å². The van der Waals surface area contributed by atoms with Crippen molar-refractivity contribution in [3.8, 4) is 11.1 Å². The number of pyridine rings is 1. The van der Waals surface area contributed by atoms with E-state index in [2.05, 4.69) is 25.3 Å². The first-order valence-corrected chi connectivity index (χ1v) is 11.6. The molecule has 1 atom stereocenters. The molecule has 1 aromatic carbocycles. The molecule has 0 aliphatic heterocycles. The van der Waals surface area contributed by atoms with E-state index in [-0.39, 0.29) is 21.9 Å². The monoisotopic (exact) mass is 500 g/mol. The van der Waals surface area contributed by atoms with Crippen LogP contribution in [0.1, 0.15) is 30.1 Å². The fourth-order valence-corrected chi connectivity index (χ4v) is 5.32. The summed E-state index contributed by atoms with van der Waals surface area (Å²) in [5.74, 6) is -0.0266. The summed E-state index contributed by atoms with van der Waals surface area (Å²) in [5, 5.41) is 4.28. The molecule has 0 saturated heterocycles. The van der Waals surface area contributed by atoms with E-state index < -0.39 is 29.3 Å². The van der Waals surface area contributed by atoms with E-state index in [1.165, 1.54) is 30.9 Å². The summed E-state index contributed by atoms with van der Waals surface area (Å²) in [4.78, 5) is 29.3. The maximum atomic E-state index is 14.2. The van der Waals surface area contributed by atoms with Gasteiger partial charge < -0.3 is 10.3 Å². The van der Waals surface area contributed by atoms with Gasteiger partial charge in [-0.05, 0) is 48.1 Å². The molecular formula is C23H16F4N6OS. The number of nitrogens with zero attached hydrogens (tertiary/aromatic N) is 4. The quantitative estimate of drug-likeness (QED) is 0.315. The highest BCUT2D eigenvalue weighted by molar-refractivity contribution is 7.15. The molecule has 5 aromatic rings. The van der Waals surface area contributed by atoms with E-state index >= 15 is 0 Å². The van der Waals surface area contributed by atoms with E-state index in [1.54, 1.807) is 6.07 Å². The molecule has 1 saturated carbocycles. The Morgan fingerprint density at radius 3 is 2.74 bits per heavy atom. The van der Waals surface area contributed by atoms with E-state index in [0.717, 1.165) is 35.6 Å². The molecule has 1 unspecified atom stereocenters. The van der Waals surface area contributed by atoms with Gasteiger partial charge in [-0.15, -0.1) is 11.3 Å². The number of fused-ring (bicyclic) bond motifs is 2. The van der Waals surface area contributed by atoms with E-state index in [9.17, 15) is 22.4 Å². The van der Waals surface area contributed by atoms with Crippen molar-refractivity contribution in [3.63, 3.8) is 0 Å². The SMILES string of the molecule is O=c1c(-c2cccc(F)c2)c(C(Nc2ncnc3nc[nH]c23)C2CC2)cc2scc(C(F)(F)F)n12. The van der Waals surface area contributed by atoms with Gasteiger partial charge in [-0.25, -0.2) is 19.3 Å². The molecule has 0 spiro atoms. The van der Waals surface area contributed by atoms with Crippen molar-refractivity contribution in [2.24, 2.45) is 5.92 Å². The fourth-order valence-electron chi connectivity index (χ4n) is 4.36. The van der Waals surface area contributed by atoms with Gasteiger partial charge in [0, 0.05) is 5.38 Å². The Morgan fingerprint density at radius 1 is 1.17 bits per heavy atom. The zero-order valence-electron chi connectivity index (χ0n) is 17.8. The molecular weight excluding hydrogens is 484 g/mol. The number of aromatic amines is 1. The van der Waals surface area contributed by atoms with Crippen LogP contribution in [0, 0.1) is 11.7 Å². The van der Waals surface area contributed by atoms with Gasteiger partial charge >= 0.3 is 6.18 Å². The average Bonchev–Trinajstić information content (AvgIpc) is 3.35. The van der Waals surface area contributed by atoms with Crippen LogP contribution in [0.15, 0.2) is 53.2 Å². The molecule has 35 heavy (non-hydrogen) atoms. The van der Waals surface area contributed by atoms with Crippen LogP contribution in [0.4, 0.5) is 23.4 Å². The first-order valence-electron chi connectivity index (χ1n) is 10.7. The summed E-state index contributed by atoms with van der Waals surface area (Å²) in [6, 6.07) is 6.47. The highest BCUT2D eigenvalue weighted by Gasteiger charge is 2.38. The van der Waals surface area contributed by atoms with Crippen molar-refractivity contribution in [2.75, 3.05) is 5.32 Å². The van der Waals surface area contributed by atoms with Crippen LogP contribution < -0.4 is 10.9 Å². The van der Waals surface area contributed by atoms with E-state index in [0.29, 0.717) is 26.9 Å². The summed E-state index contributed by atoms with van der Waals surface area (Å²) in [5.41, 5.74) is -0.170. The van der Waals surface area contributed by atoms with Crippen molar-refractivity contribution in [1.29, 1.82) is 0 Å². The molecule has 4 heterocycles. The van der Waals surface area contributed by atoms with Crippen molar-refractivity contribution in [1.82, 2.24) is 24.3 Å². The van der Waals surface area contributed by atoms with Crippen molar-refractivity contribution < 1.29 is 17.6 Å².